The maximum absolute atomic E-state index is 11.7. The molecule has 0 saturated heterocycles. The maximum Gasteiger partial charge on any atom is 0.192 e. The Kier molecular flexibility index (Phi) is 3.85. The fourth-order valence-electron chi connectivity index (χ4n) is 2.97. The highest BCUT2D eigenvalue weighted by atomic mass is 32.2. The highest BCUT2D eigenvalue weighted by molar-refractivity contribution is 7.90. The number of fused-ring (bicyclic) bond motifs is 1. The van der Waals surface area contributed by atoms with Gasteiger partial charge in [0.05, 0.1) is 0 Å². The fourth-order valence-corrected chi connectivity index (χ4v) is 3.61. The summed E-state index contributed by atoms with van der Waals surface area (Å²) in [5.74, 6) is 0. The topological polar surface area (TPSA) is 75.7 Å². The van der Waals surface area contributed by atoms with E-state index in [0.29, 0.717) is 0 Å². The highest BCUT2D eigenvalue weighted by Crippen LogP contribution is 2.29. The Labute approximate surface area is 151 Å². The summed E-state index contributed by atoms with van der Waals surface area (Å²) in [6, 6.07) is 15.8. The third-order valence-electron chi connectivity index (χ3n) is 4.33. The molecule has 0 saturated carbocycles. The van der Waals surface area contributed by atoms with Gasteiger partial charge in [-0.05, 0) is 36.2 Å². The van der Waals surface area contributed by atoms with Crippen molar-refractivity contribution in [2.75, 3.05) is 6.26 Å². The van der Waals surface area contributed by atoms with Crippen molar-refractivity contribution in [3.8, 4) is 22.4 Å². The normalized spacial score (nSPS) is 11.8. The lowest BCUT2D eigenvalue weighted by atomic mass is 10.0. The first-order chi connectivity index (χ1) is 12.4. The number of benzene rings is 1. The molecular formula is C20H17N3O2S. The van der Waals surface area contributed by atoms with Gasteiger partial charge < -0.3 is 4.98 Å². The van der Waals surface area contributed by atoms with Crippen molar-refractivity contribution in [3.63, 3.8) is 0 Å². The number of sulfone groups is 1. The van der Waals surface area contributed by atoms with E-state index in [-0.39, 0.29) is 5.03 Å². The molecule has 1 N–H and O–H groups in total. The van der Waals surface area contributed by atoms with E-state index in [2.05, 4.69) is 21.0 Å². The fraction of sp³-hybridized carbons (Fsp3) is 0.100. The molecule has 0 unspecified atom stereocenters. The Morgan fingerprint density at radius 3 is 2.38 bits per heavy atom. The summed E-state index contributed by atoms with van der Waals surface area (Å²) in [6.07, 6.45) is 4.53. The van der Waals surface area contributed by atoms with E-state index >= 15 is 0 Å². The van der Waals surface area contributed by atoms with Gasteiger partial charge in [-0.2, -0.15) is 0 Å². The number of hydrogen-bond acceptors (Lipinski definition) is 4. The van der Waals surface area contributed by atoms with Crippen LogP contribution in [0.4, 0.5) is 0 Å². The minimum atomic E-state index is -3.32. The first kappa shape index (κ1) is 16.5. The number of nitrogens with zero attached hydrogens (tertiary/aromatic N) is 2. The second-order valence-corrected chi connectivity index (χ2v) is 8.28. The highest BCUT2D eigenvalue weighted by Gasteiger charge is 2.13. The number of aryl methyl sites for hydroxylation is 1. The van der Waals surface area contributed by atoms with Crippen LogP contribution in [-0.2, 0) is 9.84 Å². The van der Waals surface area contributed by atoms with Crippen molar-refractivity contribution in [1.82, 2.24) is 15.0 Å². The van der Waals surface area contributed by atoms with Crippen molar-refractivity contribution in [2.24, 2.45) is 0 Å². The van der Waals surface area contributed by atoms with Gasteiger partial charge in [-0.25, -0.2) is 18.4 Å². The molecule has 5 nitrogen and oxygen atoms in total. The van der Waals surface area contributed by atoms with Crippen molar-refractivity contribution in [1.29, 1.82) is 0 Å². The van der Waals surface area contributed by atoms with Gasteiger partial charge in [0.1, 0.15) is 5.65 Å². The number of aromatic nitrogens is 3. The van der Waals surface area contributed by atoms with Gasteiger partial charge in [-0.15, -0.1) is 0 Å². The van der Waals surface area contributed by atoms with Crippen LogP contribution >= 0.6 is 0 Å². The van der Waals surface area contributed by atoms with Crippen molar-refractivity contribution >= 4 is 20.9 Å². The zero-order chi connectivity index (χ0) is 18.3. The van der Waals surface area contributed by atoms with Gasteiger partial charge in [0.25, 0.3) is 0 Å². The lowest BCUT2D eigenvalue weighted by Gasteiger charge is -2.07. The number of H-pyrrole nitrogens is 1. The van der Waals surface area contributed by atoms with Gasteiger partial charge in [0.15, 0.2) is 14.9 Å². The zero-order valence-corrected chi connectivity index (χ0v) is 15.2. The van der Waals surface area contributed by atoms with Gasteiger partial charge in [-0.1, -0.05) is 30.3 Å². The molecule has 26 heavy (non-hydrogen) atoms. The third kappa shape index (κ3) is 2.99. The molecule has 0 atom stereocenters. The molecule has 3 aromatic heterocycles. The summed E-state index contributed by atoms with van der Waals surface area (Å²) in [6.45, 7) is 1.88. The molecule has 1 aromatic carbocycles. The van der Waals surface area contributed by atoms with Crippen LogP contribution in [0.5, 0.6) is 0 Å². The van der Waals surface area contributed by atoms with E-state index in [9.17, 15) is 8.42 Å². The van der Waals surface area contributed by atoms with Gasteiger partial charge in [0, 0.05) is 40.9 Å². The second kappa shape index (κ2) is 6.07. The minimum Gasteiger partial charge on any atom is -0.339 e. The van der Waals surface area contributed by atoms with Crippen molar-refractivity contribution in [2.45, 2.75) is 11.9 Å². The second-order valence-electron chi connectivity index (χ2n) is 6.32. The number of nitrogens with one attached hydrogen (secondary N) is 1. The van der Waals surface area contributed by atoms with Crippen molar-refractivity contribution < 1.29 is 8.42 Å². The Balaban J connectivity index is 1.79. The Bertz CT molecular complexity index is 1210. The SMILES string of the molecule is Cc1cc(S(C)(=O)=O)ncc1-c1cnc2[nH]c(-c3ccccc3)cc2c1. The predicted molar refractivity (Wildman–Crippen MR) is 103 cm³/mol. The molecule has 0 amide bonds. The minimum absolute atomic E-state index is 0.0841. The largest absolute Gasteiger partial charge is 0.339 e. The molecule has 0 fully saturated rings. The molecule has 0 bridgehead atoms. The van der Waals surface area contributed by atoms with Crippen LogP contribution in [-0.4, -0.2) is 29.6 Å². The van der Waals surface area contributed by atoms with Crippen LogP contribution in [0.15, 0.2) is 66.0 Å². The molecule has 0 spiro atoms. The Morgan fingerprint density at radius 1 is 0.923 bits per heavy atom. The lowest BCUT2D eigenvalue weighted by Crippen LogP contribution is -2.01. The molecule has 0 radical (unpaired) electrons. The summed E-state index contributed by atoms with van der Waals surface area (Å²) >= 11 is 0. The zero-order valence-electron chi connectivity index (χ0n) is 14.4. The number of hydrogen-bond donors (Lipinski definition) is 1. The van der Waals surface area contributed by atoms with Crippen molar-refractivity contribution in [3.05, 3.63) is 66.5 Å². The molecule has 4 aromatic rings. The van der Waals surface area contributed by atoms with Crippen LogP contribution in [0, 0.1) is 6.92 Å². The van der Waals surface area contributed by atoms with Crippen LogP contribution in [0.25, 0.3) is 33.4 Å². The van der Waals surface area contributed by atoms with Crippen LogP contribution in [0.3, 0.4) is 0 Å². The van der Waals surface area contributed by atoms with Crippen LogP contribution in [0.1, 0.15) is 5.56 Å². The van der Waals surface area contributed by atoms with Gasteiger partial charge in [0.2, 0.25) is 0 Å². The standard InChI is InChI=1S/C20H17N3O2S/c1-13-8-19(26(2,24)25)21-12-17(13)16-9-15-10-18(23-20(15)22-11-16)14-6-4-3-5-7-14/h3-12H,1-2H3,(H,22,23). The average molecular weight is 363 g/mol. The molecule has 0 aliphatic rings. The Morgan fingerprint density at radius 2 is 1.69 bits per heavy atom. The summed E-state index contributed by atoms with van der Waals surface area (Å²) in [5, 5.41) is 1.08. The summed E-state index contributed by atoms with van der Waals surface area (Å²) in [5.41, 5.74) is 5.54. The monoisotopic (exact) mass is 363 g/mol. The van der Waals surface area contributed by atoms with E-state index in [1.165, 1.54) is 0 Å². The summed E-state index contributed by atoms with van der Waals surface area (Å²) in [4.78, 5) is 11.9. The molecule has 6 heteroatoms. The maximum atomic E-state index is 11.7. The van der Waals surface area contributed by atoms with Gasteiger partial charge in [-0.3, -0.25) is 0 Å². The molecular weight excluding hydrogens is 346 g/mol. The van der Waals surface area contributed by atoms with E-state index in [1.807, 2.05) is 43.3 Å². The van der Waals surface area contributed by atoms with Crippen LogP contribution in [0.2, 0.25) is 0 Å². The smallest absolute Gasteiger partial charge is 0.192 e. The molecule has 130 valence electrons. The molecule has 4 rings (SSSR count). The quantitative estimate of drug-likeness (QED) is 0.597. The van der Waals surface area contributed by atoms with Gasteiger partial charge >= 0.3 is 0 Å². The number of aromatic amines is 1. The third-order valence-corrected chi connectivity index (χ3v) is 5.31. The van der Waals surface area contributed by atoms with E-state index in [1.54, 1.807) is 18.5 Å². The predicted octanol–water partition coefficient (Wildman–Crippen LogP) is 4.00. The van der Waals surface area contributed by atoms with E-state index in [4.69, 9.17) is 0 Å². The first-order valence-electron chi connectivity index (χ1n) is 8.13. The Hall–Kier alpha value is -2.99. The number of pyridine rings is 2. The van der Waals surface area contributed by atoms with E-state index < -0.39 is 9.84 Å². The molecule has 0 aliphatic heterocycles. The molecule has 3 heterocycles. The number of rotatable bonds is 3. The summed E-state index contributed by atoms with van der Waals surface area (Å²) in [7, 11) is -3.32. The first-order valence-corrected chi connectivity index (χ1v) is 10.0. The summed E-state index contributed by atoms with van der Waals surface area (Å²) < 4.78 is 23.3. The van der Waals surface area contributed by atoms with Crippen LogP contribution < -0.4 is 0 Å². The van der Waals surface area contributed by atoms with E-state index in [0.717, 1.165) is 45.2 Å². The molecule has 0 aliphatic carbocycles. The lowest BCUT2D eigenvalue weighted by molar-refractivity contribution is 0.598. The average Bonchev–Trinajstić information content (AvgIpc) is 3.05.